The van der Waals surface area contributed by atoms with Gasteiger partial charge >= 0.3 is 0 Å². The number of ether oxygens (including phenoxy) is 1. The summed E-state index contributed by atoms with van der Waals surface area (Å²) >= 11 is 0. The third-order valence-corrected chi connectivity index (χ3v) is 4.55. The molecule has 1 amide bonds. The highest BCUT2D eigenvalue weighted by atomic mass is 16.5. The molecule has 1 saturated heterocycles. The van der Waals surface area contributed by atoms with Crippen molar-refractivity contribution in [3.05, 3.63) is 29.8 Å². The molecule has 122 valence electrons. The molecule has 0 unspecified atom stereocenters. The van der Waals surface area contributed by atoms with Gasteiger partial charge in [-0.15, -0.1) is 0 Å². The second kappa shape index (κ2) is 7.11. The lowest BCUT2D eigenvalue weighted by Crippen LogP contribution is -2.55. The van der Waals surface area contributed by atoms with Crippen molar-refractivity contribution in [3.8, 4) is 5.75 Å². The number of aliphatic hydroxyl groups excluding tert-OH is 2. The highest BCUT2D eigenvalue weighted by Gasteiger charge is 2.43. The third-order valence-electron chi connectivity index (χ3n) is 4.55. The molecule has 1 heterocycles. The Hall–Kier alpha value is -1.59. The fourth-order valence-electron chi connectivity index (χ4n) is 3.24. The Morgan fingerprint density at radius 3 is 2.91 bits per heavy atom. The zero-order valence-electron chi connectivity index (χ0n) is 13.3. The molecule has 1 fully saturated rings. The number of hydrogen-bond acceptors (Lipinski definition) is 4. The number of benzene rings is 1. The van der Waals surface area contributed by atoms with Crippen LogP contribution in [0.5, 0.6) is 5.75 Å². The minimum absolute atomic E-state index is 0.0836. The van der Waals surface area contributed by atoms with Crippen molar-refractivity contribution in [2.24, 2.45) is 5.41 Å². The Morgan fingerprint density at radius 1 is 1.50 bits per heavy atom. The Bertz CT molecular complexity index is 519. The van der Waals surface area contributed by atoms with E-state index in [-0.39, 0.29) is 12.5 Å². The molecule has 0 aromatic heterocycles. The minimum Gasteiger partial charge on any atom is -0.497 e. The molecule has 2 N–H and O–H groups in total. The van der Waals surface area contributed by atoms with Crippen LogP contribution in [0.25, 0.3) is 0 Å². The van der Waals surface area contributed by atoms with E-state index in [0.29, 0.717) is 37.2 Å². The van der Waals surface area contributed by atoms with E-state index in [4.69, 9.17) is 4.74 Å². The van der Waals surface area contributed by atoms with E-state index in [1.54, 1.807) is 36.3 Å². The number of aliphatic hydroxyl groups is 2. The van der Waals surface area contributed by atoms with Crippen molar-refractivity contribution in [1.82, 2.24) is 4.90 Å². The fraction of sp³-hybridized carbons (Fsp3) is 0.588. The van der Waals surface area contributed by atoms with Gasteiger partial charge in [-0.05, 0) is 31.0 Å². The number of nitrogens with zero attached hydrogens (tertiary/aromatic N) is 1. The monoisotopic (exact) mass is 307 g/mol. The van der Waals surface area contributed by atoms with Gasteiger partial charge in [-0.2, -0.15) is 0 Å². The molecule has 0 bridgehead atoms. The first kappa shape index (κ1) is 16.8. The van der Waals surface area contributed by atoms with Crippen molar-refractivity contribution in [3.63, 3.8) is 0 Å². The molecule has 5 heteroatoms. The Kier molecular flexibility index (Phi) is 5.42. The molecule has 1 aliphatic rings. The zero-order valence-corrected chi connectivity index (χ0v) is 13.3. The van der Waals surface area contributed by atoms with Crippen LogP contribution >= 0.6 is 0 Å². The number of carbonyl (C=O) groups excluding carboxylic acids is 1. The summed E-state index contributed by atoms with van der Waals surface area (Å²) in [5, 5.41) is 20.1. The Balaban J connectivity index is 2.19. The number of carbonyl (C=O) groups is 1. The minimum atomic E-state index is -0.610. The number of likely N-dealkylation sites (tertiary alicyclic amines) is 1. The summed E-state index contributed by atoms with van der Waals surface area (Å²) in [6.45, 7) is 2.80. The first-order valence-electron chi connectivity index (χ1n) is 7.78. The fourth-order valence-corrected chi connectivity index (χ4v) is 3.24. The Morgan fingerprint density at radius 2 is 2.27 bits per heavy atom. The largest absolute Gasteiger partial charge is 0.497 e. The van der Waals surface area contributed by atoms with Crippen LogP contribution in [0.2, 0.25) is 0 Å². The van der Waals surface area contributed by atoms with Gasteiger partial charge in [-0.1, -0.05) is 19.4 Å². The lowest BCUT2D eigenvalue weighted by atomic mass is 9.74. The molecular formula is C17H25NO4. The number of rotatable bonds is 5. The van der Waals surface area contributed by atoms with Gasteiger partial charge in [-0.3, -0.25) is 4.79 Å². The summed E-state index contributed by atoms with van der Waals surface area (Å²) in [7, 11) is 1.57. The molecular weight excluding hydrogens is 282 g/mol. The van der Waals surface area contributed by atoms with Crippen molar-refractivity contribution in [2.45, 2.75) is 32.3 Å². The molecule has 1 aliphatic heterocycles. The summed E-state index contributed by atoms with van der Waals surface area (Å²) in [4.78, 5) is 14.4. The molecule has 0 spiro atoms. The number of methoxy groups -OCH3 is 1. The normalized spacial score (nSPS) is 25.1. The lowest BCUT2D eigenvalue weighted by molar-refractivity contribution is -0.0720. The second-order valence-electron chi connectivity index (χ2n) is 6.03. The van der Waals surface area contributed by atoms with Gasteiger partial charge in [0.2, 0.25) is 0 Å². The summed E-state index contributed by atoms with van der Waals surface area (Å²) in [6, 6.07) is 7.06. The maximum absolute atomic E-state index is 12.7. The van der Waals surface area contributed by atoms with Crippen LogP contribution in [0.15, 0.2) is 24.3 Å². The molecule has 1 aromatic carbocycles. The van der Waals surface area contributed by atoms with E-state index >= 15 is 0 Å². The van der Waals surface area contributed by atoms with Gasteiger partial charge in [0.1, 0.15) is 5.75 Å². The van der Waals surface area contributed by atoms with E-state index in [9.17, 15) is 15.0 Å². The first-order chi connectivity index (χ1) is 10.6. The second-order valence-corrected chi connectivity index (χ2v) is 6.03. The smallest absolute Gasteiger partial charge is 0.254 e. The average molecular weight is 307 g/mol. The van der Waals surface area contributed by atoms with Gasteiger partial charge in [0.05, 0.1) is 19.8 Å². The van der Waals surface area contributed by atoms with Crippen molar-refractivity contribution in [1.29, 1.82) is 0 Å². The van der Waals surface area contributed by atoms with Crippen LogP contribution in [0.1, 0.15) is 36.5 Å². The van der Waals surface area contributed by atoms with Crippen LogP contribution in [-0.2, 0) is 0 Å². The van der Waals surface area contributed by atoms with Gasteiger partial charge in [-0.25, -0.2) is 0 Å². The molecule has 1 aromatic rings. The Labute approximate surface area is 131 Å². The molecule has 0 saturated carbocycles. The standard InChI is InChI=1S/C17H25NO4/c1-3-8-17(12-19)11-18(9-7-15(17)20)16(21)13-5-4-6-14(10-13)22-2/h4-6,10,15,19-20H,3,7-9,11-12H2,1-2H3/t15-,17-/m0/s1. The van der Waals surface area contributed by atoms with Crippen molar-refractivity contribution < 1.29 is 19.7 Å². The molecule has 2 atom stereocenters. The molecule has 5 nitrogen and oxygen atoms in total. The third kappa shape index (κ3) is 3.25. The SMILES string of the molecule is CCC[C@@]1(CO)CN(C(=O)c2cccc(OC)c2)CC[C@@H]1O. The van der Waals surface area contributed by atoms with Gasteiger partial charge in [0, 0.05) is 24.1 Å². The average Bonchev–Trinajstić information content (AvgIpc) is 2.56. The summed E-state index contributed by atoms with van der Waals surface area (Å²) in [5.74, 6) is 0.560. The van der Waals surface area contributed by atoms with E-state index in [1.165, 1.54) is 0 Å². The van der Waals surface area contributed by atoms with Crippen molar-refractivity contribution in [2.75, 3.05) is 26.8 Å². The van der Waals surface area contributed by atoms with Gasteiger partial charge in [0.15, 0.2) is 0 Å². The number of amides is 1. The summed E-state index contributed by atoms with van der Waals surface area (Å²) in [5.41, 5.74) is -0.0410. The molecule has 22 heavy (non-hydrogen) atoms. The quantitative estimate of drug-likeness (QED) is 0.868. The van der Waals surface area contributed by atoms with Crippen LogP contribution in [-0.4, -0.2) is 53.9 Å². The summed E-state index contributed by atoms with van der Waals surface area (Å²) in [6.07, 6.45) is 1.49. The van der Waals surface area contributed by atoms with Gasteiger partial charge in [0.25, 0.3) is 5.91 Å². The van der Waals surface area contributed by atoms with Crippen LogP contribution in [0.4, 0.5) is 0 Å². The predicted molar refractivity (Wildman–Crippen MR) is 83.9 cm³/mol. The van der Waals surface area contributed by atoms with Crippen LogP contribution < -0.4 is 4.74 Å². The predicted octanol–water partition coefficient (Wildman–Crippen LogP) is 1.68. The molecule has 2 rings (SSSR count). The zero-order chi connectivity index (χ0) is 16.2. The maximum Gasteiger partial charge on any atom is 0.254 e. The summed E-state index contributed by atoms with van der Waals surface area (Å²) < 4.78 is 5.16. The highest BCUT2D eigenvalue weighted by molar-refractivity contribution is 5.94. The maximum atomic E-state index is 12.7. The van der Waals surface area contributed by atoms with E-state index in [2.05, 4.69) is 0 Å². The lowest BCUT2D eigenvalue weighted by Gasteiger charge is -2.45. The molecule has 0 radical (unpaired) electrons. The number of piperidine rings is 1. The van der Waals surface area contributed by atoms with Crippen LogP contribution in [0, 0.1) is 5.41 Å². The molecule has 0 aliphatic carbocycles. The van der Waals surface area contributed by atoms with Gasteiger partial charge < -0.3 is 19.8 Å². The van der Waals surface area contributed by atoms with E-state index in [0.717, 1.165) is 6.42 Å². The van der Waals surface area contributed by atoms with E-state index in [1.807, 2.05) is 6.92 Å². The highest BCUT2D eigenvalue weighted by Crippen LogP contribution is 2.35. The topological polar surface area (TPSA) is 70.0 Å². The van der Waals surface area contributed by atoms with E-state index < -0.39 is 11.5 Å². The first-order valence-corrected chi connectivity index (χ1v) is 7.78. The van der Waals surface area contributed by atoms with Crippen molar-refractivity contribution >= 4 is 5.91 Å². The van der Waals surface area contributed by atoms with Crippen LogP contribution in [0.3, 0.4) is 0 Å². The number of hydrogen-bond donors (Lipinski definition) is 2.